The fourth-order valence-corrected chi connectivity index (χ4v) is 4.41. The molecule has 0 atom stereocenters. The highest BCUT2D eigenvalue weighted by Crippen LogP contribution is 2.06. The van der Waals surface area contributed by atoms with E-state index in [9.17, 15) is 25.1 Å². The molecule has 0 unspecified atom stereocenters. The molecule has 0 aromatic heterocycles. The summed E-state index contributed by atoms with van der Waals surface area (Å²) in [4.78, 5) is 8.14. The Hall–Kier alpha value is -0.115. The molecule has 0 saturated heterocycles. The van der Waals surface area contributed by atoms with E-state index in [4.69, 9.17) is 5.73 Å². The van der Waals surface area contributed by atoms with Crippen LogP contribution in [0.5, 0.6) is 0 Å². The molecule has 0 spiro atoms. The number of hydrogen-bond donors (Lipinski definition) is 7. The maximum atomic E-state index is 10.2. The van der Waals surface area contributed by atoms with Crippen LogP contribution in [0.25, 0.3) is 0 Å². The van der Waals surface area contributed by atoms with Gasteiger partial charge in [0.1, 0.15) is 0 Å². The van der Waals surface area contributed by atoms with Crippen molar-refractivity contribution < 1.29 is 25.1 Å². The van der Waals surface area contributed by atoms with Crippen LogP contribution in [-0.4, -0.2) is 145 Å². The molecular weight excluding hydrogens is 470 g/mol. The molecule has 0 bridgehead atoms. The van der Waals surface area contributed by atoms with E-state index in [0.717, 1.165) is 90.9 Å². The lowest BCUT2D eigenvalue weighted by molar-refractivity contribution is 0.293. The van der Waals surface area contributed by atoms with Gasteiger partial charge in [-0.15, -0.1) is 0 Å². The molecule has 0 aliphatic heterocycles. The summed E-state index contributed by atoms with van der Waals surface area (Å²) in [6.45, 7) is 16.1. The van der Waals surface area contributed by atoms with Gasteiger partial charge in [0.25, 0.3) is 0 Å². The van der Waals surface area contributed by atoms with E-state index in [1.54, 1.807) is 34.1 Å². The number of hydrogen-bond acceptors (Lipinski definition) is 11. The Morgan fingerprint density at radius 2 is 0.784 bits per heavy atom. The molecule has 0 heterocycles. The Morgan fingerprint density at radius 1 is 0.486 bits per heavy atom. The van der Waals surface area contributed by atoms with Crippen LogP contribution < -0.4 is 11.0 Å². The lowest BCUT2D eigenvalue weighted by atomic mass is 9.82. The van der Waals surface area contributed by atoms with Gasteiger partial charge >= 0.3 is 35.3 Å². The maximum absolute atomic E-state index is 10.2. The molecule has 0 aliphatic carbocycles. The molecule has 0 fully saturated rings. The van der Waals surface area contributed by atoms with Gasteiger partial charge in [0.05, 0.1) is 0 Å². The molecule has 214 valence electrons. The minimum absolute atomic E-state index is 0.508. The smallest absolute Gasteiger partial charge is 0.376 e. The van der Waals surface area contributed by atoms with Gasteiger partial charge in [0.2, 0.25) is 0 Å². The van der Waals surface area contributed by atoms with Crippen molar-refractivity contribution in [2.75, 3.05) is 65.4 Å². The van der Waals surface area contributed by atoms with Crippen LogP contribution in [0, 0.1) is 0 Å². The van der Waals surface area contributed by atoms with Crippen molar-refractivity contribution >= 4 is 35.3 Å². The highest BCUT2D eigenvalue weighted by atomic mass is 16.2. The van der Waals surface area contributed by atoms with Crippen LogP contribution in [0.2, 0.25) is 34.1 Å². The van der Waals surface area contributed by atoms with Crippen molar-refractivity contribution in [3.63, 3.8) is 0 Å². The zero-order valence-corrected chi connectivity index (χ0v) is 24.3. The fraction of sp³-hybridized carbons (Fsp3) is 1.00. The first kappa shape index (κ1) is 36.9. The normalized spacial score (nSPS) is 11.8. The first-order chi connectivity index (χ1) is 17.5. The average Bonchev–Trinajstić information content (AvgIpc) is 2.81. The maximum Gasteiger partial charge on any atom is 0.376 e. The number of nitrogens with zero attached hydrogens (tertiary/aromatic N) is 4. The summed E-state index contributed by atoms with van der Waals surface area (Å²) in [5.74, 6) is 0. The van der Waals surface area contributed by atoms with Crippen LogP contribution in [0.3, 0.4) is 0 Å². The Bertz CT molecular complexity index is 532. The monoisotopic (exact) mass is 526 g/mol. The van der Waals surface area contributed by atoms with E-state index in [-0.39, 0.29) is 0 Å². The van der Waals surface area contributed by atoms with E-state index in [1.165, 1.54) is 0 Å². The van der Waals surface area contributed by atoms with Gasteiger partial charge in [-0.2, -0.15) is 0 Å². The van der Waals surface area contributed by atoms with E-state index in [1.807, 2.05) is 14.4 Å². The van der Waals surface area contributed by atoms with Crippen LogP contribution >= 0.6 is 0 Å². The van der Waals surface area contributed by atoms with Crippen LogP contribution in [-0.2, 0) is 0 Å². The van der Waals surface area contributed by atoms with E-state index < -0.39 is 35.3 Å². The topological polar surface area (TPSA) is 152 Å². The molecule has 0 saturated carbocycles. The number of nitrogens with one attached hydrogen (secondary N) is 1. The molecule has 0 aromatic rings. The molecule has 37 heavy (non-hydrogen) atoms. The number of nitrogens with two attached hydrogens (primary N) is 1. The molecule has 0 amide bonds. The Morgan fingerprint density at radius 3 is 1.08 bits per heavy atom. The van der Waals surface area contributed by atoms with Gasteiger partial charge in [0, 0.05) is 0 Å². The van der Waals surface area contributed by atoms with Gasteiger partial charge < -0.3 is 55.3 Å². The highest BCUT2D eigenvalue weighted by molar-refractivity contribution is 6.46. The summed E-state index contributed by atoms with van der Waals surface area (Å²) in [6.07, 6.45) is 5.20. The van der Waals surface area contributed by atoms with Crippen molar-refractivity contribution in [1.29, 1.82) is 0 Å². The molecule has 16 heteroatoms. The van der Waals surface area contributed by atoms with Gasteiger partial charge in [-0.3, -0.25) is 0 Å². The van der Waals surface area contributed by atoms with Gasteiger partial charge in [-0.25, -0.2) is 0 Å². The quantitative estimate of drug-likeness (QED) is 0.0559. The second kappa shape index (κ2) is 22.7. The average molecular weight is 526 g/mol. The first-order valence-electron chi connectivity index (χ1n) is 14.3. The van der Waals surface area contributed by atoms with Crippen molar-refractivity contribution in [3.05, 3.63) is 0 Å². The van der Waals surface area contributed by atoms with Crippen LogP contribution in [0.4, 0.5) is 0 Å². The Kier molecular flexibility index (Phi) is 22.6. The lowest BCUT2D eigenvalue weighted by Crippen LogP contribution is -2.44. The summed E-state index contributed by atoms with van der Waals surface area (Å²) in [6, 6.07) is 0. The fourth-order valence-electron chi connectivity index (χ4n) is 4.41. The summed E-state index contributed by atoms with van der Waals surface area (Å²) >= 11 is 0. The molecule has 0 aliphatic rings. The highest BCUT2D eigenvalue weighted by Gasteiger charge is 2.21. The van der Waals surface area contributed by atoms with E-state index in [0.29, 0.717) is 13.1 Å². The van der Waals surface area contributed by atoms with Gasteiger partial charge in [-0.1, -0.05) is 0 Å². The predicted octanol–water partition coefficient (Wildman–Crippen LogP) is -1.37. The summed E-state index contributed by atoms with van der Waals surface area (Å²) < 4.78 is 0. The molecule has 0 aromatic carbocycles. The third kappa shape index (κ3) is 19.6. The zero-order valence-electron chi connectivity index (χ0n) is 24.3. The molecule has 8 N–H and O–H groups in total. The van der Waals surface area contributed by atoms with Crippen LogP contribution in [0.15, 0.2) is 0 Å². The first-order valence-corrected chi connectivity index (χ1v) is 14.3. The van der Waals surface area contributed by atoms with Crippen molar-refractivity contribution in [2.45, 2.75) is 72.6 Å². The molecule has 0 radical (unpaired) electrons. The van der Waals surface area contributed by atoms with Crippen molar-refractivity contribution in [1.82, 2.24) is 24.5 Å². The van der Waals surface area contributed by atoms with Crippen LogP contribution in [0.1, 0.15) is 38.5 Å². The standard InChI is InChI=1S/C21H55B5N6O5/c1-22(33)28-13-9-17-29(23(2)34)14-6-7-15-30(24(3)35)18-10-20-32(26(5)37)21-11-19-31(25(4)36)16-8-12-27/h28,33-37H,6-21,27H2,1-5H3. The minimum Gasteiger partial charge on any atom is -0.437 e. The largest absolute Gasteiger partial charge is 0.437 e. The van der Waals surface area contributed by atoms with Gasteiger partial charge in [-0.05, 0) is 138 Å². The third-order valence-corrected chi connectivity index (χ3v) is 6.75. The Labute approximate surface area is 228 Å². The molecule has 11 nitrogen and oxygen atoms in total. The minimum atomic E-state index is -0.550. The Balaban J connectivity index is 4.40. The van der Waals surface area contributed by atoms with Gasteiger partial charge in [0.15, 0.2) is 0 Å². The van der Waals surface area contributed by atoms with E-state index >= 15 is 0 Å². The summed E-state index contributed by atoms with van der Waals surface area (Å²) in [5, 5.41) is 52.7. The third-order valence-electron chi connectivity index (χ3n) is 6.75. The second-order valence-electron chi connectivity index (χ2n) is 10.2. The summed E-state index contributed by atoms with van der Waals surface area (Å²) in [5.41, 5.74) is 5.60. The predicted molar refractivity (Wildman–Crippen MR) is 160 cm³/mol. The zero-order chi connectivity index (χ0) is 28.2. The SMILES string of the molecule is CB(O)NCCCN(CCCCN(CCCN(CCCN(CCCN)B(C)O)B(C)O)B(C)O)B(C)O. The van der Waals surface area contributed by atoms with Crippen molar-refractivity contribution in [2.24, 2.45) is 5.73 Å². The van der Waals surface area contributed by atoms with E-state index in [2.05, 4.69) is 10.0 Å². The van der Waals surface area contributed by atoms with Crippen molar-refractivity contribution in [3.8, 4) is 0 Å². The lowest BCUT2D eigenvalue weighted by Gasteiger charge is -2.29. The molecular formula is C21H55B5N6O5. The number of unbranched alkanes of at least 4 members (excludes halogenated alkanes) is 1. The second-order valence-corrected chi connectivity index (χ2v) is 10.2. The molecule has 0 rings (SSSR count). The summed E-state index contributed by atoms with van der Waals surface area (Å²) in [7, 11) is -2.64. The number of rotatable bonds is 25.